The number of rotatable bonds is 6. The highest BCUT2D eigenvalue weighted by Crippen LogP contribution is 2.19. The van der Waals surface area contributed by atoms with E-state index in [1.54, 1.807) is 0 Å². The zero-order valence-electron chi connectivity index (χ0n) is 10.2. The smallest absolute Gasteiger partial charge is 0.0684 e. The van der Waals surface area contributed by atoms with Gasteiger partial charge in [-0.25, -0.2) is 0 Å². The van der Waals surface area contributed by atoms with Crippen LogP contribution in [0.2, 0.25) is 0 Å². The molecule has 0 radical (unpaired) electrons. The van der Waals surface area contributed by atoms with Crippen LogP contribution >= 0.6 is 0 Å². The summed E-state index contributed by atoms with van der Waals surface area (Å²) in [5, 5.41) is 9.12. The second-order valence-corrected chi connectivity index (χ2v) is 4.00. The van der Waals surface area contributed by atoms with Gasteiger partial charge < -0.3 is 10.0 Å². The normalized spacial score (nSPS) is 10.2. The van der Waals surface area contributed by atoms with Crippen LogP contribution < -0.4 is 4.90 Å². The van der Waals surface area contributed by atoms with Gasteiger partial charge in [0.2, 0.25) is 0 Å². The molecule has 1 aromatic carbocycles. The van der Waals surface area contributed by atoms with E-state index in [1.165, 1.54) is 5.69 Å². The van der Waals surface area contributed by atoms with Gasteiger partial charge in [0, 0.05) is 18.8 Å². The number of aliphatic hydroxyl groups is 1. The van der Waals surface area contributed by atoms with Crippen LogP contribution in [0.25, 0.3) is 0 Å². The van der Waals surface area contributed by atoms with Crippen molar-refractivity contribution in [1.82, 2.24) is 0 Å². The van der Waals surface area contributed by atoms with Crippen LogP contribution in [0.1, 0.15) is 24.5 Å². The summed E-state index contributed by atoms with van der Waals surface area (Å²) >= 11 is 0. The molecule has 1 rings (SSSR count). The lowest BCUT2D eigenvalue weighted by Crippen LogP contribution is -2.24. The molecule has 0 spiro atoms. The number of benzene rings is 1. The summed E-state index contributed by atoms with van der Waals surface area (Å²) in [5.74, 6) is 0. The standard InChI is InChI=1S/C14H21NO/c1-4-8-15(9-5-2)14-7-6-13(11-16)12(3)10-14/h4,6-7,10,16H,1,5,8-9,11H2,2-3H3. The highest BCUT2D eigenvalue weighted by Gasteiger charge is 2.05. The number of hydrogen-bond donors (Lipinski definition) is 1. The Kier molecular flexibility index (Phi) is 5.06. The predicted molar refractivity (Wildman–Crippen MR) is 69.8 cm³/mol. The maximum absolute atomic E-state index is 9.12. The van der Waals surface area contributed by atoms with E-state index < -0.39 is 0 Å². The van der Waals surface area contributed by atoms with Crippen LogP contribution in [0.15, 0.2) is 30.9 Å². The Balaban J connectivity index is 2.91. The molecular weight excluding hydrogens is 198 g/mol. The Hall–Kier alpha value is -1.28. The van der Waals surface area contributed by atoms with Gasteiger partial charge in [0.1, 0.15) is 0 Å². The van der Waals surface area contributed by atoms with E-state index in [4.69, 9.17) is 5.11 Å². The minimum absolute atomic E-state index is 0.112. The van der Waals surface area contributed by atoms with E-state index in [2.05, 4.69) is 30.5 Å². The van der Waals surface area contributed by atoms with E-state index in [1.807, 2.05) is 19.1 Å². The molecule has 1 aromatic rings. The van der Waals surface area contributed by atoms with Crippen molar-refractivity contribution in [2.75, 3.05) is 18.0 Å². The summed E-state index contributed by atoms with van der Waals surface area (Å²) in [7, 11) is 0. The number of aryl methyl sites for hydroxylation is 1. The van der Waals surface area contributed by atoms with E-state index in [9.17, 15) is 0 Å². The number of anilines is 1. The summed E-state index contributed by atoms with van der Waals surface area (Å²) in [4.78, 5) is 2.29. The molecule has 0 bridgehead atoms. The topological polar surface area (TPSA) is 23.5 Å². The van der Waals surface area contributed by atoms with Crippen molar-refractivity contribution in [3.63, 3.8) is 0 Å². The van der Waals surface area contributed by atoms with Crippen molar-refractivity contribution in [2.24, 2.45) is 0 Å². The van der Waals surface area contributed by atoms with Crippen LogP contribution in [0.5, 0.6) is 0 Å². The molecule has 0 aliphatic carbocycles. The average Bonchev–Trinajstić information content (AvgIpc) is 2.28. The summed E-state index contributed by atoms with van der Waals surface area (Å²) < 4.78 is 0. The lowest BCUT2D eigenvalue weighted by molar-refractivity contribution is 0.281. The lowest BCUT2D eigenvalue weighted by Gasteiger charge is -2.23. The van der Waals surface area contributed by atoms with Gasteiger partial charge in [-0.2, -0.15) is 0 Å². The highest BCUT2D eigenvalue weighted by molar-refractivity contribution is 5.51. The van der Waals surface area contributed by atoms with Crippen molar-refractivity contribution in [2.45, 2.75) is 26.9 Å². The van der Waals surface area contributed by atoms with Crippen molar-refractivity contribution in [3.8, 4) is 0 Å². The minimum Gasteiger partial charge on any atom is -0.392 e. The second-order valence-electron chi connectivity index (χ2n) is 4.00. The van der Waals surface area contributed by atoms with Crippen LogP contribution in [0, 0.1) is 6.92 Å². The Morgan fingerprint density at radius 2 is 2.19 bits per heavy atom. The molecular formula is C14H21NO. The van der Waals surface area contributed by atoms with Gasteiger partial charge in [-0.05, 0) is 36.6 Å². The van der Waals surface area contributed by atoms with Crippen LogP contribution in [-0.4, -0.2) is 18.2 Å². The van der Waals surface area contributed by atoms with E-state index in [0.717, 1.165) is 30.6 Å². The summed E-state index contributed by atoms with van der Waals surface area (Å²) in [6, 6.07) is 6.19. The predicted octanol–water partition coefficient (Wildman–Crippen LogP) is 2.89. The van der Waals surface area contributed by atoms with Crippen molar-refractivity contribution in [3.05, 3.63) is 42.0 Å². The third kappa shape index (κ3) is 3.11. The van der Waals surface area contributed by atoms with Gasteiger partial charge in [0.05, 0.1) is 6.61 Å². The quantitative estimate of drug-likeness (QED) is 0.744. The Morgan fingerprint density at radius 1 is 1.44 bits per heavy atom. The average molecular weight is 219 g/mol. The molecule has 0 saturated heterocycles. The molecule has 2 heteroatoms. The maximum atomic E-state index is 9.12. The Labute approximate surface area is 98.2 Å². The first-order chi connectivity index (χ1) is 7.72. The van der Waals surface area contributed by atoms with Gasteiger partial charge in [-0.15, -0.1) is 6.58 Å². The molecule has 0 unspecified atom stereocenters. The monoisotopic (exact) mass is 219 g/mol. The van der Waals surface area contributed by atoms with Gasteiger partial charge in [-0.1, -0.05) is 19.1 Å². The first-order valence-corrected chi connectivity index (χ1v) is 5.79. The largest absolute Gasteiger partial charge is 0.392 e. The first-order valence-electron chi connectivity index (χ1n) is 5.79. The zero-order valence-corrected chi connectivity index (χ0v) is 10.2. The number of nitrogens with zero attached hydrogens (tertiary/aromatic N) is 1. The molecule has 0 saturated carbocycles. The number of aliphatic hydroxyl groups excluding tert-OH is 1. The Bertz CT molecular complexity index is 347. The fourth-order valence-corrected chi connectivity index (χ4v) is 1.81. The van der Waals surface area contributed by atoms with Crippen LogP contribution in [0.3, 0.4) is 0 Å². The molecule has 0 aliphatic rings. The molecule has 0 aromatic heterocycles. The van der Waals surface area contributed by atoms with E-state index >= 15 is 0 Å². The minimum atomic E-state index is 0.112. The molecule has 0 amide bonds. The third-order valence-electron chi connectivity index (χ3n) is 2.70. The molecule has 0 aliphatic heterocycles. The summed E-state index contributed by atoms with van der Waals surface area (Å²) in [6.45, 7) is 10.0. The maximum Gasteiger partial charge on any atom is 0.0684 e. The van der Waals surface area contributed by atoms with E-state index in [-0.39, 0.29) is 6.61 Å². The summed E-state index contributed by atoms with van der Waals surface area (Å²) in [6.07, 6.45) is 3.04. The second kappa shape index (κ2) is 6.33. The zero-order chi connectivity index (χ0) is 12.0. The third-order valence-corrected chi connectivity index (χ3v) is 2.70. The molecule has 88 valence electrons. The molecule has 0 atom stereocenters. The number of hydrogen-bond acceptors (Lipinski definition) is 2. The lowest BCUT2D eigenvalue weighted by atomic mass is 10.1. The van der Waals surface area contributed by atoms with Crippen molar-refractivity contribution >= 4 is 5.69 Å². The molecule has 2 nitrogen and oxygen atoms in total. The van der Waals surface area contributed by atoms with E-state index in [0.29, 0.717) is 0 Å². The fourth-order valence-electron chi connectivity index (χ4n) is 1.81. The first kappa shape index (κ1) is 12.8. The molecule has 1 N–H and O–H groups in total. The fraction of sp³-hybridized carbons (Fsp3) is 0.429. The van der Waals surface area contributed by atoms with Crippen LogP contribution in [-0.2, 0) is 6.61 Å². The van der Waals surface area contributed by atoms with Crippen molar-refractivity contribution in [1.29, 1.82) is 0 Å². The van der Waals surface area contributed by atoms with Crippen LogP contribution in [0.4, 0.5) is 5.69 Å². The van der Waals surface area contributed by atoms with Crippen molar-refractivity contribution < 1.29 is 5.11 Å². The molecule has 16 heavy (non-hydrogen) atoms. The van der Waals surface area contributed by atoms with Gasteiger partial charge in [0.15, 0.2) is 0 Å². The SMILES string of the molecule is C=CCN(CCC)c1ccc(CO)c(C)c1. The molecule has 0 fully saturated rings. The summed E-state index contributed by atoms with van der Waals surface area (Å²) in [5.41, 5.74) is 3.35. The van der Waals surface area contributed by atoms with Gasteiger partial charge in [0.25, 0.3) is 0 Å². The molecule has 0 heterocycles. The highest BCUT2D eigenvalue weighted by atomic mass is 16.3. The Morgan fingerprint density at radius 3 is 2.69 bits per heavy atom. The van der Waals surface area contributed by atoms with Gasteiger partial charge >= 0.3 is 0 Å². The van der Waals surface area contributed by atoms with Gasteiger partial charge in [-0.3, -0.25) is 0 Å².